The van der Waals surface area contributed by atoms with E-state index in [1.165, 1.54) is 11.6 Å². The SMILES string of the molecule is Cc1ccc(CNC(C)C)cc1-c1ccccc1F. The molecule has 1 N–H and O–H groups in total. The van der Waals surface area contributed by atoms with E-state index >= 15 is 0 Å². The van der Waals surface area contributed by atoms with Gasteiger partial charge in [0.15, 0.2) is 0 Å². The molecular formula is C17H20FN. The molecule has 2 rings (SSSR count). The zero-order valence-electron chi connectivity index (χ0n) is 11.7. The number of benzene rings is 2. The van der Waals surface area contributed by atoms with Crippen molar-refractivity contribution in [1.82, 2.24) is 5.32 Å². The maximum absolute atomic E-state index is 13.9. The Morgan fingerprint density at radius 1 is 1.05 bits per heavy atom. The lowest BCUT2D eigenvalue weighted by Crippen LogP contribution is -2.21. The summed E-state index contributed by atoms with van der Waals surface area (Å²) in [5.41, 5.74) is 3.92. The normalized spacial score (nSPS) is 11.0. The monoisotopic (exact) mass is 257 g/mol. The van der Waals surface area contributed by atoms with Crippen LogP contribution in [0.2, 0.25) is 0 Å². The summed E-state index contributed by atoms with van der Waals surface area (Å²) in [6, 6.07) is 13.6. The molecule has 0 aliphatic carbocycles. The molecular weight excluding hydrogens is 237 g/mol. The molecule has 0 aliphatic heterocycles. The maximum atomic E-state index is 13.9. The molecule has 0 unspecified atom stereocenters. The second-order valence-corrected chi connectivity index (χ2v) is 5.16. The predicted octanol–water partition coefficient (Wildman–Crippen LogP) is 4.30. The Hall–Kier alpha value is -1.67. The number of nitrogens with one attached hydrogen (secondary N) is 1. The second kappa shape index (κ2) is 5.98. The van der Waals surface area contributed by atoms with Crippen LogP contribution in [0, 0.1) is 12.7 Å². The fourth-order valence-electron chi connectivity index (χ4n) is 2.07. The van der Waals surface area contributed by atoms with Gasteiger partial charge in [-0.25, -0.2) is 4.39 Å². The van der Waals surface area contributed by atoms with Gasteiger partial charge in [0.2, 0.25) is 0 Å². The fraction of sp³-hybridized carbons (Fsp3) is 0.294. The van der Waals surface area contributed by atoms with Crippen molar-refractivity contribution in [3.63, 3.8) is 0 Å². The minimum absolute atomic E-state index is 0.167. The van der Waals surface area contributed by atoms with Crippen molar-refractivity contribution in [2.45, 2.75) is 33.4 Å². The maximum Gasteiger partial charge on any atom is 0.131 e. The molecule has 0 aliphatic rings. The van der Waals surface area contributed by atoms with Crippen LogP contribution in [0.15, 0.2) is 42.5 Å². The molecule has 0 amide bonds. The second-order valence-electron chi connectivity index (χ2n) is 5.16. The molecule has 0 atom stereocenters. The highest BCUT2D eigenvalue weighted by Gasteiger charge is 2.08. The van der Waals surface area contributed by atoms with Crippen molar-refractivity contribution in [2.24, 2.45) is 0 Å². The van der Waals surface area contributed by atoms with Crippen LogP contribution in [-0.4, -0.2) is 6.04 Å². The Morgan fingerprint density at radius 2 is 1.79 bits per heavy atom. The quantitative estimate of drug-likeness (QED) is 0.861. The largest absolute Gasteiger partial charge is 0.310 e. The Bertz CT molecular complexity index is 561. The summed E-state index contributed by atoms with van der Waals surface area (Å²) < 4.78 is 13.9. The van der Waals surface area contributed by atoms with Crippen molar-refractivity contribution in [1.29, 1.82) is 0 Å². The van der Waals surface area contributed by atoms with Crippen LogP contribution in [-0.2, 0) is 6.54 Å². The number of aryl methyl sites for hydroxylation is 1. The first-order valence-electron chi connectivity index (χ1n) is 6.65. The van der Waals surface area contributed by atoms with Gasteiger partial charge >= 0.3 is 0 Å². The Labute approximate surface area is 114 Å². The molecule has 0 saturated heterocycles. The summed E-state index contributed by atoms with van der Waals surface area (Å²) in [5, 5.41) is 3.38. The van der Waals surface area contributed by atoms with Gasteiger partial charge in [0.25, 0.3) is 0 Å². The third-order valence-electron chi connectivity index (χ3n) is 3.18. The number of hydrogen-bond acceptors (Lipinski definition) is 1. The topological polar surface area (TPSA) is 12.0 Å². The highest BCUT2D eigenvalue weighted by atomic mass is 19.1. The summed E-state index contributed by atoms with van der Waals surface area (Å²) in [7, 11) is 0. The van der Waals surface area contributed by atoms with Crippen molar-refractivity contribution in [2.75, 3.05) is 0 Å². The van der Waals surface area contributed by atoms with Gasteiger partial charge in [0, 0.05) is 18.2 Å². The van der Waals surface area contributed by atoms with E-state index in [2.05, 4.69) is 37.4 Å². The molecule has 1 nitrogen and oxygen atoms in total. The van der Waals surface area contributed by atoms with E-state index in [1.54, 1.807) is 6.07 Å². The van der Waals surface area contributed by atoms with Crippen molar-refractivity contribution in [3.05, 3.63) is 59.4 Å². The predicted molar refractivity (Wildman–Crippen MR) is 78.5 cm³/mol. The van der Waals surface area contributed by atoms with Gasteiger partial charge in [-0.3, -0.25) is 0 Å². The van der Waals surface area contributed by atoms with Gasteiger partial charge in [0.05, 0.1) is 0 Å². The first-order valence-corrected chi connectivity index (χ1v) is 6.65. The average molecular weight is 257 g/mol. The smallest absolute Gasteiger partial charge is 0.131 e. The zero-order chi connectivity index (χ0) is 13.8. The molecule has 0 saturated carbocycles. The summed E-state index contributed by atoms with van der Waals surface area (Å²) in [5.74, 6) is -0.167. The van der Waals surface area contributed by atoms with Crippen molar-refractivity contribution >= 4 is 0 Å². The van der Waals surface area contributed by atoms with Crippen LogP contribution in [0.1, 0.15) is 25.0 Å². The molecule has 0 fully saturated rings. The van der Waals surface area contributed by atoms with E-state index in [0.29, 0.717) is 11.6 Å². The molecule has 2 aromatic rings. The lowest BCUT2D eigenvalue weighted by Gasteiger charge is -2.12. The minimum Gasteiger partial charge on any atom is -0.310 e. The molecule has 2 aromatic carbocycles. The lowest BCUT2D eigenvalue weighted by molar-refractivity contribution is 0.589. The minimum atomic E-state index is -0.167. The molecule has 100 valence electrons. The molecule has 0 radical (unpaired) electrons. The molecule has 0 bridgehead atoms. The average Bonchev–Trinajstić information content (AvgIpc) is 2.38. The van der Waals surface area contributed by atoms with Gasteiger partial charge in [-0.05, 0) is 35.7 Å². The first-order chi connectivity index (χ1) is 9.08. The Morgan fingerprint density at radius 3 is 2.47 bits per heavy atom. The fourth-order valence-corrected chi connectivity index (χ4v) is 2.07. The highest BCUT2D eigenvalue weighted by Crippen LogP contribution is 2.27. The van der Waals surface area contributed by atoms with Crippen LogP contribution in [0.3, 0.4) is 0 Å². The van der Waals surface area contributed by atoms with Gasteiger partial charge < -0.3 is 5.32 Å². The number of halogens is 1. The van der Waals surface area contributed by atoms with E-state index in [1.807, 2.05) is 19.1 Å². The van der Waals surface area contributed by atoms with Gasteiger partial charge in [0.1, 0.15) is 5.82 Å². The van der Waals surface area contributed by atoms with E-state index in [0.717, 1.165) is 17.7 Å². The zero-order valence-corrected chi connectivity index (χ0v) is 11.7. The van der Waals surface area contributed by atoms with Crippen molar-refractivity contribution < 1.29 is 4.39 Å². The van der Waals surface area contributed by atoms with Crippen LogP contribution in [0.25, 0.3) is 11.1 Å². The van der Waals surface area contributed by atoms with Gasteiger partial charge in [-0.2, -0.15) is 0 Å². The third kappa shape index (κ3) is 3.42. The third-order valence-corrected chi connectivity index (χ3v) is 3.18. The first kappa shape index (κ1) is 13.8. The molecule has 0 heterocycles. The Balaban J connectivity index is 2.35. The van der Waals surface area contributed by atoms with Crippen LogP contribution in [0.4, 0.5) is 4.39 Å². The molecule has 0 spiro atoms. The lowest BCUT2D eigenvalue weighted by atomic mass is 9.97. The summed E-state index contributed by atoms with van der Waals surface area (Å²) in [6.45, 7) is 7.05. The standard InChI is InChI=1S/C17H20FN/c1-12(2)19-11-14-9-8-13(3)16(10-14)15-6-4-5-7-17(15)18/h4-10,12,19H,11H2,1-3H3. The molecule has 2 heteroatoms. The molecule has 19 heavy (non-hydrogen) atoms. The van der Waals surface area contributed by atoms with E-state index in [9.17, 15) is 4.39 Å². The van der Waals surface area contributed by atoms with Gasteiger partial charge in [-0.15, -0.1) is 0 Å². The summed E-state index contributed by atoms with van der Waals surface area (Å²) in [4.78, 5) is 0. The van der Waals surface area contributed by atoms with Crippen LogP contribution < -0.4 is 5.32 Å². The summed E-state index contributed by atoms with van der Waals surface area (Å²) in [6.07, 6.45) is 0. The van der Waals surface area contributed by atoms with Crippen molar-refractivity contribution in [3.8, 4) is 11.1 Å². The number of hydrogen-bond donors (Lipinski definition) is 1. The highest BCUT2D eigenvalue weighted by molar-refractivity contribution is 5.68. The van der Waals surface area contributed by atoms with E-state index < -0.39 is 0 Å². The van der Waals surface area contributed by atoms with E-state index in [4.69, 9.17) is 0 Å². The number of rotatable bonds is 4. The summed E-state index contributed by atoms with van der Waals surface area (Å²) >= 11 is 0. The van der Waals surface area contributed by atoms with Crippen LogP contribution >= 0.6 is 0 Å². The van der Waals surface area contributed by atoms with Gasteiger partial charge in [-0.1, -0.05) is 44.2 Å². The molecule has 0 aromatic heterocycles. The Kier molecular flexibility index (Phi) is 4.33. The van der Waals surface area contributed by atoms with E-state index in [-0.39, 0.29) is 5.82 Å². The van der Waals surface area contributed by atoms with Crippen LogP contribution in [0.5, 0.6) is 0 Å².